The third kappa shape index (κ3) is 3.80. The van der Waals surface area contributed by atoms with Crippen LogP contribution in [0.5, 0.6) is 5.75 Å². The number of phenolic OH excluding ortho intramolecular Hbond substituents is 1. The van der Waals surface area contributed by atoms with Gasteiger partial charge in [0, 0.05) is 5.56 Å². The van der Waals surface area contributed by atoms with Crippen molar-refractivity contribution in [2.24, 2.45) is 0 Å². The Labute approximate surface area is 192 Å². The Kier molecular flexibility index (Phi) is 5.42. The van der Waals surface area contributed by atoms with Gasteiger partial charge in [0.15, 0.2) is 5.58 Å². The van der Waals surface area contributed by atoms with Crippen molar-refractivity contribution in [3.05, 3.63) is 77.4 Å². The summed E-state index contributed by atoms with van der Waals surface area (Å²) in [6, 6.07) is 8.96. The number of phenols is 1. The molecule has 3 aromatic carbocycles. The molecule has 1 heterocycles. The van der Waals surface area contributed by atoms with Crippen molar-refractivity contribution >= 4 is 22.8 Å². The number of benzene rings is 3. The summed E-state index contributed by atoms with van der Waals surface area (Å²) >= 11 is 0. The minimum Gasteiger partial charge on any atom is -0.506 e. The number of aromatic hydroxyl groups is 1. The van der Waals surface area contributed by atoms with Crippen molar-refractivity contribution in [3.63, 3.8) is 0 Å². The third-order valence-corrected chi connectivity index (χ3v) is 5.51. The summed E-state index contributed by atoms with van der Waals surface area (Å²) in [7, 11) is 0. The SMILES string of the molecule is Nc1ccc(C(c2ccc3nc(-c4ccc(C(=O)O)cc4)oc3c2)(C(F)(F)F)C(F)(F)F)cc1O. The van der Waals surface area contributed by atoms with Gasteiger partial charge < -0.3 is 20.4 Å². The number of alkyl halides is 6. The van der Waals surface area contributed by atoms with Gasteiger partial charge in [0.25, 0.3) is 0 Å². The number of fused-ring (bicyclic) bond motifs is 1. The average Bonchev–Trinajstić information content (AvgIpc) is 3.18. The van der Waals surface area contributed by atoms with E-state index in [2.05, 4.69) is 4.98 Å². The first-order chi connectivity index (χ1) is 16.3. The summed E-state index contributed by atoms with van der Waals surface area (Å²) in [5, 5.41) is 18.8. The molecule has 0 fully saturated rings. The number of aromatic nitrogens is 1. The zero-order valence-electron chi connectivity index (χ0n) is 17.3. The molecule has 1 aromatic heterocycles. The van der Waals surface area contributed by atoms with Crippen molar-refractivity contribution in [2.75, 3.05) is 5.73 Å². The molecule has 0 amide bonds. The summed E-state index contributed by atoms with van der Waals surface area (Å²) in [5.41, 5.74) is -2.20. The van der Waals surface area contributed by atoms with Gasteiger partial charge in [-0.15, -0.1) is 0 Å². The number of rotatable bonds is 4. The molecule has 0 saturated heterocycles. The minimum absolute atomic E-state index is 0.0236. The maximum Gasteiger partial charge on any atom is 0.411 e. The number of halogens is 6. The molecule has 0 bridgehead atoms. The number of nitrogens with two attached hydrogens (primary N) is 1. The number of aromatic carboxylic acids is 1. The predicted octanol–water partition coefficient (Wildman–Crippen LogP) is 5.89. The van der Waals surface area contributed by atoms with Crippen molar-refractivity contribution in [3.8, 4) is 17.2 Å². The fraction of sp³-hybridized carbons (Fsp3) is 0.130. The second kappa shape index (κ2) is 7.93. The monoisotopic (exact) mass is 496 g/mol. The highest BCUT2D eigenvalue weighted by molar-refractivity contribution is 5.88. The predicted molar refractivity (Wildman–Crippen MR) is 112 cm³/mol. The van der Waals surface area contributed by atoms with E-state index in [0.717, 1.165) is 12.1 Å². The van der Waals surface area contributed by atoms with Gasteiger partial charge in [0.05, 0.1) is 11.3 Å². The number of carboxylic acid groups (broad SMARTS) is 1. The maximum absolute atomic E-state index is 14.3. The summed E-state index contributed by atoms with van der Waals surface area (Å²) < 4.78 is 91.4. The number of hydrogen-bond acceptors (Lipinski definition) is 5. The molecule has 4 N–H and O–H groups in total. The molecule has 0 aliphatic rings. The Morgan fingerprint density at radius 2 is 1.43 bits per heavy atom. The quantitative estimate of drug-likeness (QED) is 0.185. The van der Waals surface area contributed by atoms with Crippen LogP contribution >= 0.6 is 0 Å². The summed E-state index contributed by atoms with van der Waals surface area (Å²) in [6.45, 7) is 0. The highest BCUT2D eigenvalue weighted by atomic mass is 19.4. The number of oxazole rings is 1. The van der Waals surface area contributed by atoms with Gasteiger partial charge in [-0.1, -0.05) is 12.1 Å². The summed E-state index contributed by atoms with van der Waals surface area (Å²) in [4.78, 5) is 15.1. The Balaban J connectivity index is 1.93. The van der Waals surface area contributed by atoms with Gasteiger partial charge in [-0.05, 0) is 59.7 Å². The number of anilines is 1. The molecule has 12 heteroatoms. The molecular formula is C23H14F6N2O4. The summed E-state index contributed by atoms with van der Waals surface area (Å²) in [5.74, 6) is -2.26. The Morgan fingerprint density at radius 3 is 1.97 bits per heavy atom. The fourth-order valence-corrected chi connectivity index (χ4v) is 3.80. The zero-order chi connectivity index (χ0) is 25.8. The molecule has 35 heavy (non-hydrogen) atoms. The van der Waals surface area contributed by atoms with Crippen molar-refractivity contribution < 1.29 is 45.8 Å². The van der Waals surface area contributed by atoms with Crippen LogP contribution < -0.4 is 5.73 Å². The van der Waals surface area contributed by atoms with E-state index in [4.69, 9.17) is 15.3 Å². The molecule has 0 spiro atoms. The molecule has 0 saturated carbocycles. The van der Waals surface area contributed by atoms with Crippen LogP contribution in [-0.4, -0.2) is 33.5 Å². The lowest BCUT2D eigenvalue weighted by molar-refractivity contribution is -0.288. The van der Waals surface area contributed by atoms with Crippen molar-refractivity contribution in [2.45, 2.75) is 17.8 Å². The second-order valence-corrected chi connectivity index (χ2v) is 7.60. The standard InChI is InChI=1S/C23H14F6N2O4/c24-22(25,26)21(23(27,28)29,13-5-7-15(30)17(32)9-13)14-6-8-16-18(10-14)35-19(31-16)11-1-3-12(4-2-11)20(33)34/h1-10,32H,30H2,(H,33,34). The molecule has 0 aliphatic carbocycles. The van der Waals surface area contributed by atoms with E-state index in [1.165, 1.54) is 24.3 Å². The fourth-order valence-electron chi connectivity index (χ4n) is 3.80. The summed E-state index contributed by atoms with van der Waals surface area (Å²) in [6.07, 6.45) is -11.8. The molecule has 0 atom stereocenters. The van der Waals surface area contributed by atoms with Crippen molar-refractivity contribution in [1.82, 2.24) is 4.98 Å². The smallest absolute Gasteiger partial charge is 0.411 e. The first kappa shape index (κ1) is 23.9. The van der Waals surface area contributed by atoms with E-state index in [1.54, 1.807) is 0 Å². The van der Waals surface area contributed by atoms with Crippen LogP contribution in [0.3, 0.4) is 0 Å². The van der Waals surface area contributed by atoms with Crippen LogP contribution in [0.4, 0.5) is 32.0 Å². The molecule has 0 unspecified atom stereocenters. The number of carbonyl (C=O) groups is 1. The zero-order valence-corrected chi connectivity index (χ0v) is 17.3. The lowest BCUT2D eigenvalue weighted by atomic mass is 9.72. The molecule has 6 nitrogen and oxygen atoms in total. The van der Waals surface area contributed by atoms with Gasteiger partial charge in [0.1, 0.15) is 11.3 Å². The van der Waals surface area contributed by atoms with Gasteiger partial charge in [-0.25, -0.2) is 9.78 Å². The Bertz CT molecular complexity index is 1410. The lowest BCUT2D eigenvalue weighted by Gasteiger charge is -2.38. The molecule has 4 aromatic rings. The van der Waals surface area contributed by atoms with Crippen LogP contribution in [0.25, 0.3) is 22.6 Å². The number of nitrogen functional groups attached to an aromatic ring is 1. The number of nitrogens with zero attached hydrogens (tertiary/aromatic N) is 1. The van der Waals surface area contributed by atoms with Gasteiger partial charge in [-0.2, -0.15) is 26.3 Å². The Hall–Kier alpha value is -4.22. The Morgan fingerprint density at radius 1 is 0.857 bits per heavy atom. The van der Waals surface area contributed by atoms with E-state index in [0.29, 0.717) is 24.3 Å². The number of hydrogen-bond donors (Lipinski definition) is 3. The second-order valence-electron chi connectivity index (χ2n) is 7.60. The lowest BCUT2D eigenvalue weighted by Crippen LogP contribution is -2.54. The third-order valence-electron chi connectivity index (χ3n) is 5.51. The topological polar surface area (TPSA) is 110 Å². The van der Waals surface area contributed by atoms with Crippen molar-refractivity contribution in [1.29, 1.82) is 0 Å². The van der Waals surface area contributed by atoms with Crippen LogP contribution in [0.15, 0.2) is 65.1 Å². The van der Waals surface area contributed by atoms with Crippen LogP contribution in [0, 0.1) is 0 Å². The van der Waals surface area contributed by atoms with E-state index < -0.39 is 46.3 Å². The minimum atomic E-state index is -5.88. The molecule has 182 valence electrons. The van der Waals surface area contributed by atoms with E-state index in [9.17, 15) is 36.2 Å². The molecule has 0 radical (unpaired) electrons. The van der Waals surface area contributed by atoms with E-state index in [1.807, 2.05) is 0 Å². The average molecular weight is 496 g/mol. The molecular weight excluding hydrogens is 482 g/mol. The first-order valence-electron chi connectivity index (χ1n) is 9.73. The molecule has 4 rings (SSSR count). The van der Waals surface area contributed by atoms with E-state index >= 15 is 0 Å². The van der Waals surface area contributed by atoms with Gasteiger partial charge in [-0.3, -0.25) is 0 Å². The van der Waals surface area contributed by atoms with Gasteiger partial charge >= 0.3 is 18.3 Å². The maximum atomic E-state index is 14.3. The molecule has 0 aliphatic heterocycles. The van der Waals surface area contributed by atoms with E-state index in [-0.39, 0.29) is 28.1 Å². The van der Waals surface area contributed by atoms with Crippen LogP contribution in [0.1, 0.15) is 21.5 Å². The van der Waals surface area contributed by atoms with Crippen LogP contribution in [0.2, 0.25) is 0 Å². The first-order valence-corrected chi connectivity index (χ1v) is 9.73. The normalized spacial score (nSPS) is 12.7. The highest BCUT2D eigenvalue weighted by Gasteiger charge is 2.72. The highest BCUT2D eigenvalue weighted by Crippen LogP contribution is 2.57. The largest absolute Gasteiger partial charge is 0.506 e. The van der Waals surface area contributed by atoms with Crippen LogP contribution in [-0.2, 0) is 5.41 Å². The van der Waals surface area contributed by atoms with Gasteiger partial charge in [0.2, 0.25) is 11.3 Å². The number of carboxylic acids is 1.